The standard InChI is InChI=1S/C24H26N2OS/c1-17(19-10-4-3-5-11-19)9-8-16-26(18(2)27)24-25-23-21-13-7-6-12-20(21)14-15-22(23)28-24/h3-7,10-13,17H,8-9,14-16H2,1-2H3. The number of benzene rings is 2. The van der Waals surface area contributed by atoms with Crippen LogP contribution >= 0.6 is 11.3 Å². The van der Waals surface area contributed by atoms with Crippen molar-refractivity contribution in [1.82, 2.24) is 4.98 Å². The highest BCUT2D eigenvalue weighted by atomic mass is 32.1. The molecular formula is C24H26N2OS. The molecule has 0 fully saturated rings. The summed E-state index contributed by atoms with van der Waals surface area (Å²) >= 11 is 1.68. The molecule has 4 rings (SSSR count). The lowest BCUT2D eigenvalue weighted by molar-refractivity contribution is -0.116. The van der Waals surface area contributed by atoms with E-state index >= 15 is 0 Å². The number of fused-ring (bicyclic) bond motifs is 3. The molecule has 1 heterocycles. The Hall–Kier alpha value is -2.46. The van der Waals surface area contributed by atoms with Crippen LogP contribution in [0, 0.1) is 0 Å². The zero-order valence-corrected chi connectivity index (χ0v) is 17.3. The monoisotopic (exact) mass is 390 g/mol. The number of thiazole rings is 1. The quantitative estimate of drug-likeness (QED) is 0.529. The second-order valence-corrected chi connectivity index (χ2v) is 8.61. The first-order valence-electron chi connectivity index (χ1n) is 10.0. The maximum atomic E-state index is 12.3. The molecule has 0 aliphatic heterocycles. The fourth-order valence-corrected chi connectivity index (χ4v) is 5.09. The topological polar surface area (TPSA) is 33.2 Å². The predicted molar refractivity (Wildman–Crippen MR) is 117 cm³/mol. The average Bonchev–Trinajstić information content (AvgIpc) is 3.15. The van der Waals surface area contributed by atoms with Gasteiger partial charge in [-0.05, 0) is 42.7 Å². The summed E-state index contributed by atoms with van der Waals surface area (Å²) in [6, 6.07) is 19.1. The summed E-state index contributed by atoms with van der Waals surface area (Å²) in [5.74, 6) is 0.568. The molecule has 1 aliphatic carbocycles. The van der Waals surface area contributed by atoms with Crippen LogP contribution in [0.1, 0.15) is 48.6 Å². The smallest absolute Gasteiger partial charge is 0.225 e. The Balaban J connectivity index is 1.47. The highest BCUT2D eigenvalue weighted by molar-refractivity contribution is 7.16. The molecule has 0 N–H and O–H groups in total. The number of nitrogens with zero attached hydrogens (tertiary/aromatic N) is 2. The summed E-state index contributed by atoms with van der Waals surface area (Å²) in [7, 11) is 0. The second-order valence-electron chi connectivity index (χ2n) is 7.55. The lowest BCUT2D eigenvalue weighted by Crippen LogP contribution is -2.29. The number of carbonyl (C=O) groups excluding carboxylic acids is 1. The van der Waals surface area contributed by atoms with Crippen LogP contribution in [0.5, 0.6) is 0 Å². The summed E-state index contributed by atoms with van der Waals surface area (Å²) in [6.45, 7) is 4.63. The van der Waals surface area contributed by atoms with Crippen molar-refractivity contribution >= 4 is 22.4 Å². The number of aryl methyl sites for hydroxylation is 2. The molecule has 0 spiro atoms. The van der Waals surface area contributed by atoms with Crippen molar-refractivity contribution in [3.63, 3.8) is 0 Å². The van der Waals surface area contributed by atoms with Crippen LogP contribution < -0.4 is 4.90 Å². The molecule has 0 bridgehead atoms. The maximum Gasteiger partial charge on any atom is 0.225 e. The molecule has 1 aliphatic rings. The summed E-state index contributed by atoms with van der Waals surface area (Å²) in [6.07, 6.45) is 4.10. The number of hydrogen-bond acceptors (Lipinski definition) is 3. The fraction of sp³-hybridized carbons (Fsp3) is 0.333. The summed E-state index contributed by atoms with van der Waals surface area (Å²) in [5, 5.41) is 0.849. The van der Waals surface area contributed by atoms with Gasteiger partial charge in [-0.25, -0.2) is 4.98 Å². The maximum absolute atomic E-state index is 12.3. The molecule has 2 aromatic carbocycles. The van der Waals surface area contributed by atoms with Gasteiger partial charge in [-0.15, -0.1) is 11.3 Å². The van der Waals surface area contributed by atoms with Gasteiger partial charge in [0.25, 0.3) is 0 Å². The van der Waals surface area contributed by atoms with Crippen LogP contribution in [0.3, 0.4) is 0 Å². The summed E-state index contributed by atoms with van der Waals surface area (Å²) in [5.41, 5.74) is 5.02. The first-order valence-corrected chi connectivity index (χ1v) is 10.9. The lowest BCUT2D eigenvalue weighted by atomic mass is 9.94. The first kappa shape index (κ1) is 18.9. The third-order valence-electron chi connectivity index (χ3n) is 5.58. The van der Waals surface area contributed by atoms with Gasteiger partial charge in [-0.2, -0.15) is 0 Å². The van der Waals surface area contributed by atoms with Gasteiger partial charge in [-0.1, -0.05) is 61.5 Å². The van der Waals surface area contributed by atoms with E-state index in [9.17, 15) is 4.79 Å². The number of hydrogen-bond donors (Lipinski definition) is 0. The van der Waals surface area contributed by atoms with E-state index in [-0.39, 0.29) is 5.91 Å². The van der Waals surface area contributed by atoms with E-state index in [0.29, 0.717) is 5.92 Å². The molecule has 144 valence electrons. The molecule has 1 aromatic heterocycles. The van der Waals surface area contributed by atoms with E-state index in [1.54, 1.807) is 18.3 Å². The fourth-order valence-electron chi connectivity index (χ4n) is 3.94. The van der Waals surface area contributed by atoms with Crippen LogP contribution in [0.25, 0.3) is 11.3 Å². The zero-order chi connectivity index (χ0) is 19.5. The number of rotatable bonds is 6. The van der Waals surface area contributed by atoms with Gasteiger partial charge in [0.05, 0.1) is 5.69 Å². The van der Waals surface area contributed by atoms with Crippen LogP contribution in [-0.4, -0.2) is 17.4 Å². The van der Waals surface area contributed by atoms with Gasteiger partial charge in [0.1, 0.15) is 0 Å². The predicted octanol–water partition coefficient (Wildman–Crippen LogP) is 5.85. The minimum absolute atomic E-state index is 0.0757. The van der Waals surface area contributed by atoms with Crippen molar-refractivity contribution in [3.8, 4) is 11.3 Å². The molecule has 1 atom stereocenters. The van der Waals surface area contributed by atoms with E-state index in [2.05, 4.69) is 61.5 Å². The third-order valence-corrected chi connectivity index (χ3v) is 6.72. The molecule has 0 saturated heterocycles. The lowest BCUT2D eigenvalue weighted by Gasteiger charge is -2.19. The Kier molecular flexibility index (Phi) is 5.58. The van der Waals surface area contributed by atoms with Gasteiger partial charge in [0, 0.05) is 23.9 Å². The Morgan fingerprint density at radius 3 is 2.64 bits per heavy atom. The number of aromatic nitrogens is 1. The number of carbonyl (C=O) groups is 1. The Labute approximate surface area is 171 Å². The normalized spacial score (nSPS) is 13.5. The molecule has 3 aromatic rings. The number of anilines is 1. The van der Waals surface area contributed by atoms with Gasteiger partial charge in [0.15, 0.2) is 5.13 Å². The SMILES string of the molecule is CC(=O)N(CCCC(C)c1ccccc1)c1nc2c(s1)CCc1ccccc1-2. The van der Waals surface area contributed by atoms with Crippen molar-refractivity contribution in [1.29, 1.82) is 0 Å². The molecule has 3 nitrogen and oxygen atoms in total. The van der Waals surface area contributed by atoms with Crippen molar-refractivity contribution in [3.05, 3.63) is 70.6 Å². The minimum Gasteiger partial charge on any atom is -0.288 e. The van der Waals surface area contributed by atoms with E-state index in [1.165, 1.54) is 21.6 Å². The van der Waals surface area contributed by atoms with E-state index < -0.39 is 0 Å². The average molecular weight is 391 g/mol. The number of amides is 1. The minimum atomic E-state index is 0.0757. The van der Waals surface area contributed by atoms with E-state index in [1.807, 2.05) is 4.90 Å². The van der Waals surface area contributed by atoms with Crippen molar-refractivity contribution in [2.24, 2.45) is 0 Å². The van der Waals surface area contributed by atoms with Gasteiger partial charge >= 0.3 is 0 Å². The van der Waals surface area contributed by atoms with Gasteiger partial charge in [-0.3, -0.25) is 9.69 Å². The highest BCUT2D eigenvalue weighted by Crippen LogP contribution is 2.39. The van der Waals surface area contributed by atoms with E-state index in [0.717, 1.165) is 43.1 Å². The molecule has 0 radical (unpaired) electrons. The molecule has 1 amide bonds. The largest absolute Gasteiger partial charge is 0.288 e. The van der Waals surface area contributed by atoms with Crippen LogP contribution in [-0.2, 0) is 17.6 Å². The summed E-state index contributed by atoms with van der Waals surface area (Å²) in [4.78, 5) is 20.4. The third kappa shape index (κ3) is 3.88. The molecule has 0 saturated carbocycles. The summed E-state index contributed by atoms with van der Waals surface area (Å²) < 4.78 is 0. The van der Waals surface area contributed by atoms with Crippen LogP contribution in [0.4, 0.5) is 5.13 Å². The second kappa shape index (κ2) is 8.27. The van der Waals surface area contributed by atoms with Crippen molar-refractivity contribution < 1.29 is 4.79 Å². The zero-order valence-electron chi connectivity index (χ0n) is 16.5. The van der Waals surface area contributed by atoms with Crippen LogP contribution in [0.2, 0.25) is 0 Å². The first-order chi connectivity index (χ1) is 13.6. The Morgan fingerprint density at radius 1 is 1.11 bits per heavy atom. The van der Waals surface area contributed by atoms with Crippen molar-refractivity contribution in [2.75, 3.05) is 11.4 Å². The van der Waals surface area contributed by atoms with Crippen molar-refractivity contribution in [2.45, 2.75) is 45.4 Å². The Bertz CT molecular complexity index is 964. The Morgan fingerprint density at radius 2 is 1.86 bits per heavy atom. The van der Waals surface area contributed by atoms with Gasteiger partial charge in [0.2, 0.25) is 5.91 Å². The van der Waals surface area contributed by atoms with Gasteiger partial charge < -0.3 is 0 Å². The molecule has 4 heteroatoms. The van der Waals surface area contributed by atoms with E-state index in [4.69, 9.17) is 4.98 Å². The highest BCUT2D eigenvalue weighted by Gasteiger charge is 2.24. The molecule has 1 unspecified atom stereocenters. The molecular weight excluding hydrogens is 364 g/mol. The van der Waals surface area contributed by atoms with Crippen LogP contribution in [0.15, 0.2) is 54.6 Å². The molecule has 28 heavy (non-hydrogen) atoms.